The van der Waals surface area contributed by atoms with Crippen LogP contribution >= 0.6 is 11.6 Å². The summed E-state index contributed by atoms with van der Waals surface area (Å²) >= 11 is 6.07. The third kappa shape index (κ3) is 5.25. The fourth-order valence-corrected chi connectivity index (χ4v) is 3.31. The first-order chi connectivity index (χ1) is 15.5. The van der Waals surface area contributed by atoms with Gasteiger partial charge in [0.1, 0.15) is 5.75 Å². The molecule has 0 saturated heterocycles. The molecule has 0 aliphatic heterocycles. The molecule has 0 bridgehead atoms. The number of halogens is 1. The predicted molar refractivity (Wildman–Crippen MR) is 119 cm³/mol. The average molecular weight is 454 g/mol. The van der Waals surface area contributed by atoms with E-state index in [1.54, 1.807) is 24.3 Å². The first kappa shape index (κ1) is 21.4. The summed E-state index contributed by atoms with van der Waals surface area (Å²) in [5.74, 6) is 0.0658. The summed E-state index contributed by atoms with van der Waals surface area (Å²) in [6, 6.07) is 12.5. The largest absolute Gasteiger partial charge is 0.485 e. The average Bonchev–Trinajstić information content (AvgIpc) is 3.40. The Morgan fingerprint density at radius 2 is 2.00 bits per heavy atom. The normalized spacial score (nSPS) is 10.8. The quantitative estimate of drug-likeness (QED) is 0.374. The zero-order valence-corrected chi connectivity index (χ0v) is 17.9. The fraction of sp³-hybridized carbons (Fsp3) is 0.182. The molecule has 164 valence electrons. The highest BCUT2D eigenvalue weighted by atomic mass is 35.5. The maximum Gasteiger partial charge on any atom is 0.316 e. The highest BCUT2D eigenvalue weighted by Crippen LogP contribution is 2.22. The third-order valence-corrected chi connectivity index (χ3v) is 4.85. The van der Waals surface area contributed by atoms with E-state index in [9.17, 15) is 9.59 Å². The molecule has 0 unspecified atom stereocenters. The van der Waals surface area contributed by atoms with E-state index in [2.05, 4.69) is 25.8 Å². The SMILES string of the molecule is CC(=O)Nc1ccc(OCc2noc(C(=O)NCCc3c[nH]c4ccc(Cl)cc34)n2)cc1. The lowest BCUT2D eigenvalue weighted by molar-refractivity contribution is -0.114. The van der Waals surface area contributed by atoms with E-state index in [4.69, 9.17) is 20.9 Å². The summed E-state index contributed by atoms with van der Waals surface area (Å²) < 4.78 is 10.6. The molecular formula is C22H20ClN5O4. The Balaban J connectivity index is 1.27. The van der Waals surface area contributed by atoms with E-state index < -0.39 is 5.91 Å². The molecule has 0 aliphatic carbocycles. The van der Waals surface area contributed by atoms with Crippen LogP contribution in [0.25, 0.3) is 10.9 Å². The number of amides is 2. The van der Waals surface area contributed by atoms with Crippen molar-refractivity contribution >= 4 is 40.0 Å². The predicted octanol–water partition coefficient (Wildman–Crippen LogP) is 3.71. The van der Waals surface area contributed by atoms with Crippen molar-refractivity contribution in [1.82, 2.24) is 20.4 Å². The van der Waals surface area contributed by atoms with Crippen LogP contribution in [-0.2, 0) is 17.8 Å². The number of nitrogens with zero attached hydrogens (tertiary/aromatic N) is 2. The van der Waals surface area contributed by atoms with E-state index in [0.29, 0.717) is 29.4 Å². The molecule has 0 spiro atoms. The second-order valence-electron chi connectivity index (χ2n) is 7.02. The van der Waals surface area contributed by atoms with Gasteiger partial charge in [-0.05, 0) is 54.4 Å². The molecule has 4 rings (SSSR count). The van der Waals surface area contributed by atoms with Gasteiger partial charge in [-0.25, -0.2) is 0 Å². The standard InChI is InChI=1S/C22H20ClN5O4/c1-13(29)26-16-3-5-17(6-4-16)31-12-20-27-22(32-28-20)21(30)24-9-8-14-11-25-19-7-2-15(23)10-18(14)19/h2-7,10-11,25H,8-9,12H2,1H3,(H,24,30)(H,26,29). The van der Waals surface area contributed by atoms with Crippen molar-refractivity contribution in [1.29, 1.82) is 0 Å². The van der Waals surface area contributed by atoms with Crippen LogP contribution in [0.1, 0.15) is 29.0 Å². The maximum absolute atomic E-state index is 12.3. The number of rotatable bonds is 8. The van der Waals surface area contributed by atoms with Gasteiger partial charge in [0.25, 0.3) is 0 Å². The monoisotopic (exact) mass is 453 g/mol. The number of nitrogens with one attached hydrogen (secondary N) is 3. The van der Waals surface area contributed by atoms with Crippen molar-refractivity contribution < 1.29 is 18.8 Å². The molecule has 0 saturated carbocycles. The summed E-state index contributed by atoms with van der Waals surface area (Å²) in [4.78, 5) is 30.6. The minimum atomic E-state index is -0.457. The highest BCUT2D eigenvalue weighted by Gasteiger charge is 2.15. The molecule has 0 aliphatic rings. The Morgan fingerprint density at radius 3 is 2.78 bits per heavy atom. The van der Waals surface area contributed by atoms with Gasteiger partial charge in [0.05, 0.1) is 0 Å². The van der Waals surface area contributed by atoms with Crippen molar-refractivity contribution in [2.75, 3.05) is 11.9 Å². The van der Waals surface area contributed by atoms with Gasteiger partial charge < -0.3 is 24.9 Å². The molecule has 32 heavy (non-hydrogen) atoms. The van der Waals surface area contributed by atoms with Gasteiger partial charge in [0, 0.05) is 41.3 Å². The number of H-pyrrole nitrogens is 1. The zero-order valence-electron chi connectivity index (χ0n) is 17.1. The van der Waals surface area contributed by atoms with Gasteiger partial charge in [-0.2, -0.15) is 4.98 Å². The third-order valence-electron chi connectivity index (χ3n) is 4.61. The van der Waals surface area contributed by atoms with Gasteiger partial charge in [-0.1, -0.05) is 16.8 Å². The van der Waals surface area contributed by atoms with Crippen LogP contribution in [0.2, 0.25) is 5.02 Å². The second-order valence-corrected chi connectivity index (χ2v) is 7.46. The number of anilines is 1. The lowest BCUT2D eigenvalue weighted by Gasteiger charge is -2.05. The molecule has 9 nitrogen and oxygen atoms in total. The molecule has 4 aromatic rings. The summed E-state index contributed by atoms with van der Waals surface area (Å²) in [6.07, 6.45) is 2.52. The molecule has 0 radical (unpaired) electrons. The minimum Gasteiger partial charge on any atom is -0.485 e. The number of benzene rings is 2. The van der Waals surface area contributed by atoms with Crippen molar-refractivity contribution in [3.8, 4) is 5.75 Å². The molecule has 2 aromatic heterocycles. The molecule has 2 aromatic carbocycles. The second kappa shape index (κ2) is 9.52. The fourth-order valence-electron chi connectivity index (χ4n) is 3.13. The van der Waals surface area contributed by atoms with E-state index in [1.807, 2.05) is 24.4 Å². The van der Waals surface area contributed by atoms with E-state index in [-0.39, 0.29) is 24.2 Å². The lowest BCUT2D eigenvalue weighted by atomic mass is 10.1. The maximum atomic E-state index is 12.3. The van der Waals surface area contributed by atoms with Crippen LogP contribution in [-0.4, -0.2) is 33.5 Å². The van der Waals surface area contributed by atoms with E-state index >= 15 is 0 Å². The zero-order chi connectivity index (χ0) is 22.5. The van der Waals surface area contributed by atoms with Crippen LogP contribution in [0, 0.1) is 0 Å². The van der Waals surface area contributed by atoms with E-state index in [1.165, 1.54) is 6.92 Å². The number of aromatic amines is 1. The smallest absolute Gasteiger partial charge is 0.316 e. The molecule has 0 atom stereocenters. The summed E-state index contributed by atoms with van der Waals surface area (Å²) in [5, 5.41) is 10.9. The number of hydrogen-bond donors (Lipinski definition) is 3. The molecule has 0 fully saturated rings. The number of carbonyl (C=O) groups is 2. The first-order valence-electron chi connectivity index (χ1n) is 9.84. The summed E-state index contributed by atoms with van der Waals surface area (Å²) in [6.45, 7) is 1.87. The Kier molecular flexibility index (Phi) is 6.37. The van der Waals surface area contributed by atoms with Gasteiger partial charge in [0.15, 0.2) is 6.61 Å². The van der Waals surface area contributed by atoms with Crippen LogP contribution < -0.4 is 15.4 Å². The Morgan fingerprint density at radius 1 is 1.19 bits per heavy atom. The van der Waals surface area contributed by atoms with Gasteiger partial charge in [0.2, 0.25) is 11.7 Å². The van der Waals surface area contributed by atoms with Gasteiger partial charge in [-0.15, -0.1) is 0 Å². The molecule has 3 N–H and O–H groups in total. The van der Waals surface area contributed by atoms with E-state index in [0.717, 1.165) is 16.5 Å². The molecule has 10 heteroatoms. The number of carbonyl (C=O) groups excluding carboxylic acids is 2. The van der Waals surface area contributed by atoms with Crippen LogP contribution in [0.4, 0.5) is 5.69 Å². The van der Waals surface area contributed by atoms with Crippen molar-refractivity contribution in [3.63, 3.8) is 0 Å². The van der Waals surface area contributed by atoms with Crippen molar-refractivity contribution in [2.45, 2.75) is 20.0 Å². The lowest BCUT2D eigenvalue weighted by Crippen LogP contribution is -2.26. The summed E-state index contributed by atoms with van der Waals surface area (Å²) in [7, 11) is 0. The highest BCUT2D eigenvalue weighted by molar-refractivity contribution is 6.31. The molecular weight excluding hydrogens is 434 g/mol. The Hall–Kier alpha value is -3.85. The Bertz CT molecular complexity index is 1250. The minimum absolute atomic E-state index is 0.0341. The topological polar surface area (TPSA) is 122 Å². The van der Waals surface area contributed by atoms with Gasteiger partial charge in [-0.3, -0.25) is 9.59 Å². The number of ether oxygens (including phenoxy) is 1. The number of fused-ring (bicyclic) bond motifs is 1. The first-order valence-corrected chi connectivity index (χ1v) is 10.2. The molecule has 2 heterocycles. The molecule has 2 amide bonds. The van der Waals surface area contributed by atoms with Crippen LogP contribution in [0.15, 0.2) is 53.2 Å². The number of aromatic nitrogens is 3. The van der Waals surface area contributed by atoms with Crippen LogP contribution in [0.5, 0.6) is 5.75 Å². The van der Waals surface area contributed by atoms with Crippen molar-refractivity contribution in [2.24, 2.45) is 0 Å². The number of hydrogen-bond acceptors (Lipinski definition) is 6. The Labute approximate surface area is 188 Å². The van der Waals surface area contributed by atoms with Crippen molar-refractivity contribution in [3.05, 3.63) is 71.0 Å². The van der Waals surface area contributed by atoms with Crippen LogP contribution in [0.3, 0.4) is 0 Å². The summed E-state index contributed by atoms with van der Waals surface area (Å²) in [5.41, 5.74) is 2.70. The van der Waals surface area contributed by atoms with Gasteiger partial charge >= 0.3 is 11.8 Å².